The van der Waals surface area contributed by atoms with Gasteiger partial charge in [-0.15, -0.1) is 0 Å². The van der Waals surface area contributed by atoms with Gasteiger partial charge in [-0.05, 0) is 31.0 Å². The van der Waals surface area contributed by atoms with E-state index in [-0.39, 0.29) is 30.2 Å². The molecule has 0 radical (unpaired) electrons. The number of benzene rings is 2. The number of ketones is 1. The van der Waals surface area contributed by atoms with Gasteiger partial charge in [-0.2, -0.15) is 0 Å². The third kappa shape index (κ3) is 4.53. The van der Waals surface area contributed by atoms with E-state index in [9.17, 15) is 14.4 Å². The third-order valence-electron chi connectivity index (χ3n) is 4.59. The molecular formula is C21H23N3O3. The Balaban J connectivity index is 1.43. The number of carbonyl (C=O) groups excluding carboxylic acids is 2. The molecule has 0 atom stereocenters. The van der Waals surface area contributed by atoms with Crippen molar-refractivity contribution in [1.82, 2.24) is 14.9 Å². The Morgan fingerprint density at radius 1 is 1.04 bits per heavy atom. The van der Waals surface area contributed by atoms with E-state index in [4.69, 9.17) is 0 Å². The molecule has 0 fully saturated rings. The van der Waals surface area contributed by atoms with E-state index in [1.807, 2.05) is 49.4 Å². The summed E-state index contributed by atoms with van der Waals surface area (Å²) in [5, 5.41) is 2.82. The summed E-state index contributed by atoms with van der Waals surface area (Å²) in [5.41, 5.74) is 3.11. The van der Waals surface area contributed by atoms with Crippen LogP contribution in [-0.4, -0.2) is 27.8 Å². The zero-order chi connectivity index (χ0) is 19.2. The molecule has 1 heterocycles. The number of H-pyrrole nitrogens is 1. The molecule has 0 bridgehead atoms. The van der Waals surface area contributed by atoms with Crippen LogP contribution >= 0.6 is 0 Å². The molecule has 6 heteroatoms. The van der Waals surface area contributed by atoms with Crippen molar-refractivity contribution < 1.29 is 9.59 Å². The van der Waals surface area contributed by atoms with Crippen LogP contribution in [0, 0.1) is 6.92 Å². The maximum Gasteiger partial charge on any atom is 0.326 e. The third-order valence-corrected chi connectivity index (χ3v) is 4.59. The molecule has 1 aromatic heterocycles. The molecule has 27 heavy (non-hydrogen) atoms. The predicted molar refractivity (Wildman–Crippen MR) is 105 cm³/mol. The Bertz CT molecular complexity index is 1020. The van der Waals surface area contributed by atoms with Gasteiger partial charge in [-0.25, -0.2) is 4.79 Å². The second-order valence-electron chi connectivity index (χ2n) is 6.54. The minimum atomic E-state index is -0.150. The van der Waals surface area contributed by atoms with Crippen molar-refractivity contribution in [1.29, 1.82) is 0 Å². The van der Waals surface area contributed by atoms with E-state index >= 15 is 0 Å². The number of nitrogens with zero attached hydrogens (tertiary/aromatic N) is 1. The first-order chi connectivity index (χ1) is 13.1. The van der Waals surface area contributed by atoms with Crippen LogP contribution in [0.2, 0.25) is 0 Å². The minimum Gasteiger partial charge on any atom is -0.356 e. The van der Waals surface area contributed by atoms with Crippen molar-refractivity contribution in [2.45, 2.75) is 32.7 Å². The number of aryl methyl sites for hydroxylation is 2. The number of rotatable bonds is 8. The quantitative estimate of drug-likeness (QED) is 0.476. The number of hydrogen-bond donors (Lipinski definition) is 2. The molecule has 0 unspecified atom stereocenters. The summed E-state index contributed by atoms with van der Waals surface area (Å²) < 4.78 is 1.67. The summed E-state index contributed by atoms with van der Waals surface area (Å²) in [6, 6.07) is 14.9. The minimum absolute atomic E-state index is 0.0198. The molecule has 1 amide bonds. The number of nitrogens with one attached hydrogen (secondary N) is 2. The monoisotopic (exact) mass is 365 g/mol. The van der Waals surface area contributed by atoms with Crippen LogP contribution in [0.15, 0.2) is 53.3 Å². The SMILES string of the molecule is Cc1ccccc1C(=O)CCC(=O)NCCCn1c(=O)[nH]c2ccccc21. The Kier molecular flexibility index (Phi) is 5.86. The molecule has 6 nitrogen and oxygen atoms in total. The Morgan fingerprint density at radius 2 is 1.78 bits per heavy atom. The highest BCUT2D eigenvalue weighted by atomic mass is 16.2. The maximum absolute atomic E-state index is 12.2. The van der Waals surface area contributed by atoms with Gasteiger partial charge in [0.25, 0.3) is 0 Å². The van der Waals surface area contributed by atoms with E-state index in [1.165, 1.54) is 0 Å². The van der Waals surface area contributed by atoms with Gasteiger partial charge < -0.3 is 10.3 Å². The van der Waals surface area contributed by atoms with Crippen molar-refractivity contribution in [3.63, 3.8) is 0 Å². The normalized spacial score (nSPS) is 10.9. The largest absolute Gasteiger partial charge is 0.356 e. The molecule has 0 aliphatic carbocycles. The van der Waals surface area contributed by atoms with Gasteiger partial charge in [0.1, 0.15) is 0 Å². The average Bonchev–Trinajstić information content (AvgIpc) is 2.99. The fraction of sp³-hybridized carbons (Fsp3) is 0.286. The van der Waals surface area contributed by atoms with Crippen molar-refractivity contribution in [3.05, 3.63) is 70.1 Å². The zero-order valence-corrected chi connectivity index (χ0v) is 15.3. The highest BCUT2D eigenvalue weighted by Crippen LogP contribution is 2.11. The number of imidazole rings is 1. The summed E-state index contributed by atoms with van der Waals surface area (Å²) in [6.07, 6.45) is 0.998. The number of amides is 1. The molecule has 140 valence electrons. The second kappa shape index (κ2) is 8.49. The molecule has 0 aliphatic rings. The topological polar surface area (TPSA) is 84.0 Å². The fourth-order valence-corrected chi connectivity index (χ4v) is 3.13. The maximum atomic E-state index is 12.2. The standard InChI is InChI=1S/C21H23N3O3/c1-15-7-2-3-8-16(15)19(25)11-12-20(26)22-13-6-14-24-18-10-5-4-9-17(18)23-21(24)27/h2-5,7-10H,6,11-14H2,1H3,(H,22,26)(H,23,27). The lowest BCUT2D eigenvalue weighted by atomic mass is 10.0. The Labute approximate surface area is 157 Å². The van der Waals surface area contributed by atoms with E-state index in [1.54, 1.807) is 10.6 Å². The molecule has 0 aliphatic heterocycles. The van der Waals surface area contributed by atoms with E-state index < -0.39 is 0 Å². The van der Waals surface area contributed by atoms with Gasteiger partial charge in [-0.1, -0.05) is 36.4 Å². The van der Waals surface area contributed by atoms with Crippen LogP contribution in [0.3, 0.4) is 0 Å². The number of para-hydroxylation sites is 2. The summed E-state index contributed by atoms with van der Waals surface area (Å²) in [4.78, 5) is 39.0. The first-order valence-corrected chi connectivity index (χ1v) is 9.09. The van der Waals surface area contributed by atoms with Gasteiger partial charge >= 0.3 is 5.69 Å². The lowest BCUT2D eigenvalue weighted by molar-refractivity contribution is -0.121. The predicted octanol–water partition coefficient (Wildman–Crippen LogP) is 2.81. The van der Waals surface area contributed by atoms with Gasteiger partial charge in [0, 0.05) is 31.5 Å². The van der Waals surface area contributed by atoms with Crippen LogP contribution in [0.4, 0.5) is 0 Å². The first-order valence-electron chi connectivity index (χ1n) is 9.09. The number of fused-ring (bicyclic) bond motifs is 1. The van der Waals surface area contributed by atoms with Crippen LogP contribution in [0.1, 0.15) is 35.2 Å². The lowest BCUT2D eigenvalue weighted by Crippen LogP contribution is -2.27. The lowest BCUT2D eigenvalue weighted by Gasteiger charge is -2.07. The van der Waals surface area contributed by atoms with Crippen molar-refractivity contribution in [2.75, 3.05) is 6.54 Å². The van der Waals surface area contributed by atoms with Gasteiger partial charge in [0.05, 0.1) is 11.0 Å². The van der Waals surface area contributed by atoms with E-state index in [2.05, 4.69) is 10.3 Å². The molecule has 3 rings (SSSR count). The summed E-state index contributed by atoms with van der Waals surface area (Å²) >= 11 is 0. The van der Waals surface area contributed by atoms with Crippen molar-refractivity contribution in [2.24, 2.45) is 0 Å². The highest BCUT2D eigenvalue weighted by molar-refractivity contribution is 5.99. The summed E-state index contributed by atoms with van der Waals surface area (Å²) in [7, 11) is 0. The van der Waals surface area contributed by atoms with Crippen LogP contribution < -0.4 is 11.0 Å². The van der Waals surface area contributed by atoms with Crippen LogP contribution in [0.5, 0.6) is 0 Å². The molecule has 2 N–H and O–H groups in total. The summed E-state index contributed by atoms with van der Waals surface area (Å²) in [5.74, 6) is -0.170. The van der Waals surface area contributed by atoms with Crippen LogP contribution in [0.25, 0.3) is 11.0 Å². The number of aromatic nitrogens is 2. The Hall–Kier alpha value is -3.15. The number of Topliss-reactive ketones (excluding diaryl/α,β-unsaturated/α-hetero) is 1. The average molecular weight is 365 g/mol. The van der Waals surface area contributed by atoms with Crippen LogP contribution in [-0.2, 0) is 11.3 Å². The van der Waals surface area contributed by atoms with Gasteiger partial charge in [-0.3, -0.25) is 14.2 Å². The molecule has 3 aromatic rings. The number of aromatic amines is 1. The highest BCUT2D eigenvalue weighted by Gasteiger charge is 2.11. The smallest absolute Gasteiger partial charge is 0.326 e. The molecule has 2 aromatic carbocycles. The molecule has 0 spiro atoms. The molecular weight excluding hydrogens is 342 g/mol. The molecule has 0 saturated carbocycles. The first kappa shape index (κ1) is 18.6. The number of carbonyl (C=O) groups is 2. The number of hydrogen-bond acceptors (Lipinski definition) is 3. The van der Waals surface area contributed by atoms with E-state index in [0.717, 1.165) is 16.6 Å². The van der Waals surface area contributed by atoms with Crippen molar-refractivity contribution >= 4 is 22.7 Å². The van der Waals surface area contributed by atoms with Gasteiger partial charge in [0.2, 0.25) is 5.91 Å². The van der Waals surface area contributed by atoms with Crippen molar-refractivity contribution in [3.8, 4) is 0 Å². The van der Waals surface area contributed by atoms with Gasteiger partial charge in [0.15, 0.2) is 5.78 Å². The van der Waals surface area contributed by atoms with E-state index in [0.29, 0.717) is 25.1 Å². The summed E-state index contributed by atoms with van der Waals surface area (Å²) in [6.45, 7) is 2.87. The Morgan fingerprint density at radius 3 is 2.59 bits per heavy atom. The second-order valence-corrected chi connectivity index (χ2v) is 6.54. The fourth-order valence-electron chi connectivity index (χ4n) is 3.13. The molecule has 0 saturated heterocycles. The zero-order valence-electron chi connectivity index (χ0n) is 15.3.